The van der Waals surface area contributed by atoms with Crippen molar-refractivity contribution in [3.63, 3.8) is 0 Å². The molecule has 0 spiro atoms. The van der Waals surface area contributed by atoms with Gasteiger partial charge in [-0.25, -0.2) is 0 Å². The van der Waals surface area contributed by atoms with Gasteiger partial charge in [0.05, 0.1) is 23.8 Å². The van der Waals surface area contributed by atoms with Gasteiger partial charge in [-0.1, -0.05) is 5.16 Å². The molecular formula is C16H21NO7. The van der Waals surface area contributed by atoms with E-state index in [1.165, 1.54) is 13.8 Å². The van der Waals surface area contributed by atoms with Crippen molar-refractivity contribution in [3.8, 4) is 0 Å². The zero-order valence-corrected chi connectivity index (χ0v) is 13.7. The quantitative estimate of drug-likeness (QED) is 0.691. The molecule has 0 aromatic carbocycles. The van der Waals surface area contributed by atoms with E-state index in [-0.39, 0.29) is 24.2 Å². The fraction of sp³-hybridized carbons (Fsp3) is 0.812. The molecule has 0 unspecified atom stereocenters. The molecule has 3 fully saturated rings. The number of fused-ring (bicyclic) bond motifs is 1. The monoisotopic (exact) mass is 339 g/mol. The number of esters is 2. The van der Waals surface area contributed by atoms with Gasteiger partial charge >= 0.3 is 11.9 Å². The predicted molar refractivity (Wildman–Crippen MR) is 78.9 cm³/mol. The number of nitrogens with zero attached hydrogens (tertiary/aromatic N) is 1. The van der Waals surface area contributed by atoms with Crippen LogP contribution in [-0.2, 0) is 33.4 Å². The summed E-state index contributed by atoms with van der Waals surface area (Å²) in [5, 5.41) is 4.23. The van der Waals surface area contributed by atoms with Crippen LogP contribution >= 0.6 is 0 Å². The Bertz CT molecular complexity index is 577. The lowest BCUT2D eigenvalue weighted by Gasteiger charge is -2.33. The molecule has 132 valence electrons. The smallest absolute Gasteiger partial charge is 0.305 e. The SMILES string of the molecule is CC(=O)O[C@@H]1O[C@@H]2CC3=NO[C@@H]4CCC[C@H](O[C@@H]2[C@H]1OC(C)=O)[C@H]34. The maximum atomic E-state index is 11.5. The molecule has 4 rings (SSSR count). The first-order chi connectivity index (χ1) is 11.5. The molecule has 2 saturated heterocycles. The average Bonchev–Trinajstić information content (AvgIpc) is 2.99. The van der Waals surface area contributed by atoms with Gasteiger partial charge < -0.3 is 23.8 Å². The van der Waals surface area contributed by atoms with Gasteiger partial charge in [-0.2, -0.15) is 0 Å². The third-order valence-electron chi connectivity index (χ3n) is 5.06. The van der Waals surface area contributed by atoms with Gasteiger partial charge in [-0.3, -0.25) is 9.59 Å². The van der Waals surface area contributed by atoms with E-state index in [9.17, 15) is 9.59 Å². The highest BCUT2D eigenvalue weighted by atomic mass is 16.7. The van der Waals surface area contributed by atoms with Gasteiger partial charge in [0.2, 0.25) is 6.29 Å². The topological polar surface area (TPSA) is 92.7 Å². The van der Waals surface area contributed by atoms with Gasteiger partial charge in [-0.15, -0.1) is 0 Å². The van der Waals surface area contributed by atoms with Crippen LogP contribution in [0, 0.1) is 5.92 Å². The molecule has 7 atom stereocenters. The van der Waals surface area contributed by atoms with Crippen molar-refractivity contribution in [1.29, 1.82) is 0 Å². The number of hydrogen-bond acceptors (Lipinski definition) is 8. The molecule has 1 saturated carbocycles. The molecule has 4 aliphatic rings. The third-order valence-corrected chi connectivity index (χ3v) is 5.06. The summed E-state index contributed by atoms with van der Waals surface area (Å²) in [6, 6.07) is 0. The van der Waals surface area contributed by atoms with E-state index in [2.05, 4.69) is 5.16 Å². The molecule has 0 amide bonds. The fourth-order valence-corrected chi connectivity index (χ4v) is 4.19. The Kier molecular flexibility index (Phi) is 3.96. The largest absolute Gasteiger partial charge is 0.453 e. The van der Waals surface area contributed by atoms with Gasteiger partial charge in [0.1, 0.15) is 12.2 Å². The molecular weight excluding hydrogens is 318 g/mol. The summed E-state index contributed by atoms with van der Waals surface area (Å²) in [6.07, 6.45) is 0.829. The molecule has 24 heavy (non-hydrogen) atoms. The molecule has 8 nitrogen and oxygen atoms in total. The normalized spacial score (nSPS) is 42.9. The Balaban J connectivity index is 1.60. The second-order valence-electron chi connectivity index (χ2n) is 6.75. The van der Waals surface area contributed by atoms with Crippen molar-refractivity contribution in [1.82, 2.24) is 0 Å². The Morgan fingerprint density at radius 2 is 1.79 bits per heavy atom. The summed E-state index contributed by atoms with van der Waals surface area (Å²) in [5.41, 5.74) is 0.933. The van der Waals surface area contributed by atoms with Crippen LogP contribution in [0.15, 0.2) is 5.16 Å². The van der Waals surface area contributed by atoms with Crippen LogP contribution in [0.25, 0.3) is 0 Å². The lowest BCUT2D eigenvalue weighted by atomic mass is 9.80. The fourth-order valence-electron chi connectivity index (χ4n) is 4.19. The van der Waals surface area contributed by atoms with E-state index < -0.39 is 30.4 Å². The summed E-state index contributed by atoms with van der Waals surface area (Å²) in [5.74, 6) is -0.819. The first kappa shape index (κ1) is 15.8. The molecule has 0 bridgehead atoms. The first-order valence-electron chi connectivity index (χ1n) is 8.41. The van der Waals surface area contributed by atoms with E-state index in [1.807, 2.05) is 0 Å². The third kappa shape index (κ3) is 2.67. The van der Waals surface area contributed by atoms with Crippen molar-refractivity contribution in [2.75, 3.05) is 0 Å². The van der Waals surface area contributed by atoms with E-state index in [4.69, 9.17) is 23.8 Å². The number of carbonyl (C=O) groups is 2. The van der Waals surface area contributed by atoms with E-state index in [0.29, 0.717) is 6.42 Å². The van der Waals surface area contributed by atoms with Crippen LogP contribution in [0.4, 0.5) is 0 Å². The minimum atomic E-state index is -0.958. The molecule has 8 heteroatoms. The standard InChI is InChI=1S/C16H21NO7/c1-7(18)20-15-14-12(23-16(15)21-8(2)19)6-9-13-10(22-14)4-3-5-11(13)24-17-9/h10-16H,3-6H2,1-2H3/t10-,11+,12+,13-,14-,15+,16+/m0/s1. The van der Waals surface area contributed by atoms with Crippen molar-refractivity contribution in [2.45, 2.75) is 76.3 Å². The van der Waals surface area contributed by atoms with Crippen molar-refractivity contribution in [2.24, 2.45) is 11.1 Å². The van der Waals surface area contributed by atoms with Crippen molar-refractivity contribution in [3.05, 3.63) is 0 Å². The summed E-state index contributed by atoms with van der Waals surface area (Å²) in [6.45, 7) is 2.61. The van der Waals surface area contributed by atoms with E-state index in [1.54, 1.807) is 0 Å². The predicted octanol–water partition coefficient (Wildman–Crippen LogP) is 0.918. The molecule has 0 N–H and O–H groups in total. The van der Waals surface area contributed by atoms with Crippen LogP contribution < -0.4 is 0 Å². The molecule has 0 aromatic rings. The van der Waals surface area contributed by atoms with Gasteiger partial charge in [0, 0.05) is 20.3 Å². The Hall–Kier alpha value is -1.67. The number of rotatable bonds is 2. The van der Waals surface area contributed by atoms with Crippen molar-refractivity contribution >= 4 is 17.7 Å². The molecule has 3 heterocycles. The summed E-state index contributed by atoms with van der Waals surface area (Å²) in [7, 11) is 0. The summed E-state index contributed by atoms with van der Waals surface area (Å²) in [4.78, 5) is 28.4. The van der Waals surface area contributed by atoms with Crippen LogP contribution in [0.5, 0.6) is 0 Å². The zero-order chi connectivity index (χ0) is 16.8. The lowest BCUT2D eigenvalue weighted by molar-refractivity contribution is -0.196. The maximum Gasteiger partial charge on any atom is 0.305 e. The second-order valence-corrected chi connectivity index (χ2v) is 6.75. The van der Waals surface area contributed by atoms with Crippen LogP contribution in [0.2, 0.25) is 0 Å². The number of oxime groups is 1. The minimum Gasteiger partial charge on any atom is -0.453 e. The highest BCUT2D eigenvalue weighted by molar-refractivity contribution is 5.89. The summed E-state index contributed by atoms with van der Waals surface area (Å²) >= 11 is 0. The average molecular weight is 339 g/mol. The number of hydrogen-bond donors (Lipinski definition) is 0. The van der Waals surface area contributed by atoms with Gasteiger partial charge in [0.25, 0.3) is 0 Å². The van der Waals surface area contributed by atoms with E-state index >= 15 is 0 Å². The molecule has 0 aromatic heterocycles. The molecule has 3 aliphatic heterocycles. The van der Waals surface area contributed by atoms with Crippen LogP contribution in [0.3, 0.4) is 0 Å². The molecule has 1 aliphatic carbocycles. The highest BCUT2D eigenvalue weighted by Crippen LogP contribution is 2.43. The Morgan fingerprint density at radius 3 is 2.54 bits per heavy atom. The maximum absolute atomic E-state index is 11.5. The zero-order valence-electron chi connectivity index (χ0n) is 13.7. The van der Waals surface area contributed by atoms with Crippen molar-refractivity contribution < 1.29 is 33.4 Å². The second kappa shape index (κ2) is 6.00. The Labute approximate surface area is 139 Å². The van der Waals surface area contributed by atoms with Crippen LogP contribution in [-0.4, -0.2) is 54.5 Å². The molecule has 0 radical (unpaired) electrons. The van der Waals surface area contributed by atoms with Gasteiger partial charge in [0.15, 0.2) is 6.10 Å². The van der Waals surface area contributed by atoms with E-state index in [0.717, 1.165) is 25.0 Å². The first-order valence-corrected chi connectivity index (χ1v) is 8.41. The lowest BCUT2D eigenvalue weighted by Crippen LogP contribution is -2.44. The Morgan fingerprint density at radius 1 is 1.04 bits per heavy atom. The minimum absolute atomic E-state index is 0.0438. The van der Waals surface area contributed by atoms with Gasteiger partial charge in [-0.05, 0) is 19.3 Å². The highest BCUT2D eigenvalue weighted by Gasteiger charge is 2.56. The summed E-state index contributed by atoms with van der Waals surface area (Å²) < 4.78 is 22.7. The van der Waals surface area contributed by atoms with Crippen LogP contribution in [0.1, 0.15) is 39.5 Å². The number of carbonyl (C=O) groups excluding carboxylic acids is 2. The number of ether oxygens (including phenoxy) is 4.